The molecule has 0 saturated heterocycles. The Morgan fingerprint density at radius 3 is 2.48 bits per heavy atom. The summed E-state index contributed by atoms with van der Waals surface area (Å²) in [6, 6.07) is 12.5. The lowest BCUT2D eigenvalue weighted by Gasteiger charge is -2.07. The normalized spacial score (nSPS) is 10.4. The summed E-state index contributed by atoms with van der Waals surface area (Å²) < 4.78 is 19.1. The second kappa shape index (κ2) is 8.83. The highest BCUT2D eigenvalue weighted by Crippen LogP contribution is 2.15. The number of nitrogens with two attached hydrogens (primary N) is 1. The van der Waals surface area contributed by atoms with E-state index in [0.717, 1.165) is 4.68 Å². The summed E-state index contributed by atoms with van der Waals surface area (Å²) in [7, 11) is 1.55. The van der Waals surface area contributed by atoms with Gasteiger partial charge in [0.1, 0.15) is 18.1 Å². The number of hydrogen-bond acceptors (Lipinski definition) is 6. The Labute approximate surface area is 165 Å². The molecule has 0 saturated carbocycles. The predicted octanol–water partition coefficient (Wildman–Crippen LogP) is 1.58. The molecule has 0 aliphatic carbocycles. The molecular weight excluding hydrogens is 379 g/mol. The fourth-order valence-electron chi connectivity index (χ4n) is 2.48. The minimum absolute atomic E-state index is 0.0357. The van der Waals surface area contributed by atoms with Crippen LogP contribution in [0.3, 0.4) is 0 Å². The van der Waals surface area contributed by atoms with Crippen molar-refractivity contribution in [3.05, 3.63) is 65.6 Å². The van der Waals surface area contributed by atoms with Crippen LogP contribution in [-0.4, -0.2) is 33.9 Å². The van der Waals surface area contributed by atoms with Crippen LogP contribution in [0.15, 0.2) is 48.5 Å². The molecular formula is C19H19FN6O3. The maximum atomic E-state index is 12.9. The number of nitrogens with zero attached hydrogens (tertiary/aromatic N) is 3. The number of carbonyl (C=O) groups excluding carboxylic acids is 2. The zero-order chi connectivity index (χ0) is 20.8. The molecule has 0 bridgehead atoms. The van der Waals surface area contributed by atoms with E-state index in [9.17, 15) is 14.0 Å². The van der Waals surface area contributed by atoms with Crippen LogP contribution in [-0.2, 0) is 17.9 Å². The van der Waals surface area contributed by atoms with Crippen LogP contribution in [0.4, 0.5) is 15.9 Å². The van der Waals surface area contributed by atoms with Gasteiger partial charge in [-0.3, -0.25) is 9.59 Å². The Morgan fingerprint density at radius 1 is 1.14 bits per heavy atom. The molecule has 1 aromatic heterocycles. The first kappa shape index (κ1) is 19.8. The number of rotatable bonds is 7. The molecule has 3 aromatic rings. The molecule has 29 heavy (non-hydrogen) atoms. The summed E-state index contributed by atoms with van der Waals surface area (Å²) in [5, 5.41) is 12.8. The van der Waals surface area contributed by atoms with Gasteiger partial charge in [-0.15, -0.1) is 5.10 Å². The fraction of sp³-hybridized carbons (Fsp3) is 0.158. The third-order valence-electron chi connectivity index (χ3n) is 4.02. The number of carbonyl (C=O) groups is 2. The zero-order valence-corrected chi connectivity index (χ0v) is 15.6. The lowest BCUT2D eigenvalue weighted by Crippen LogP contribution is -2.25. The maximum Gasteiger partial charge on any atom is 0.275 e. The number of aromatic nitrogens is 3. The minimum Gasteiger partial charge on any atom is -0.497 e. The van der Waals surface area contributed by atoms with Crippen LogP contribution in [0.5, 0.6) is 5.75 Å². The maximum absolute atomic E-state index is 12.9. The Hall–Kier alpha value is -3.95. The topological polar surface area (TPSA) is 124 Å². The van der Waals surface area contributed by atoms with Crippen molar-refractivity contribution in [1.82, 2.24) is 20.3 Å². The third kappa shape index (κ3) is 5.06. The SMILES string of the molecule is COc1ccc(NC(=O)Cn2nnc(C(=O)NCc3ccc(F)cc3)c2N)cc1. The number of amides is 2. The van der Waals surface area contributed by atoms with Crippen molar-refractivity contribution in [2.24, 2.45) is 0 Å². The number of ether oxygens (including phenoxy) is 1. The van der Waals surface area contributed by atoms with Gasteiger partial charge in [0, 0.05) is 12.2 Å². The minimum atomic E-state index is -0.548. The highest BCUT2D eigenvalue weighted by Gasteiger charge is 2.18. The second-order valence-electron chi connectivity index (χ2n) is 6.07. The lowest BCUT2D eigenvalue weighted by atomic mass is 10.2. The summed E-state index contributed by atoms with van der Waals surface area (Å²) in [5.74, 6) is -0.662. The quantitative estimate of drug-likeness (QED) is 0.555. The lowest BCUT2D eigenvalue weighted by molar-refractivity contribution is -0.116. The number of methoxy groups -OCH3 is 1. The van der Waals surface area contributed by atoms with E-state index in [1.165, 1.54) is 12.1 Å². The Bertz CT molecular complexity index is 1000. The van der Waals surface area contributed by atoms with Crippen LogP contribution < -0.4 is 21.1 Å². The van der Waals surface area contributed by atoms with E-state index in [1.54, 1.807) is 43.5 Å². The van der Waals surface area contributed by atoms with Gasteiger partial charge < -0.3 is 21.1 Å². The molecule has 2 aromatic carbocycles. The number of anilines is 2. The Balaban J connectivity index is 1.58. The van der Waals surface area contributed by atoms with E-state index >= 15 is 0 Å². The van der Waals surface area contributed by atoms with Gasteiger partial charge in [0.05, 0.1) is 7.11 Å². The number of nitrogens with one attached hydrogen (secondary N) is 2. The van der Waals surface area contributed by atoms with Crippen LogP contribution in [0, 0.1) is 5.82 Å². The molecule has 150 valence electrons. The molecule has 3 rings (SSSR count). The van der Waals surface area contributed by atoms with Crippen molar-refractivity contribution < 1.29 is 18.7 Å². The average molecular weight is 398 g/mol. The Morgan fingerprint density at radius 2 is 1.83 bits per heavy atom. The molecule has 0 radical (unpaired) electrons. The van der Waals surface area contributed by atoms with E-state index in [2.05, 4.69) is 20.9 Å². The van der Waals surface area contributed by atoms with E-state index < -0.39 is 5.91 Å². The molecule has 9 nitrogen and oxygen atoms in total. The van der Waals surface area contributed by atoms with Crippen molar-refractivity contribution in [1.29, 1.82) is 0 Å². The number of halogens is 1. The van der Waals surface area contributed by atoms with Crippen molar-refractivity contribution >= 4 is 23.3 Å². The highest BCUT2D eigenvalue weighted by molar-refractivity contribution is 5.96. The standard InChI is InChI=1S/C19H19FN6O3/c1-29-15-8-6-14(7-9-15)23-16(27)11-26-18(21)17(24-25-26)19(28)22-10-12-2-4-13(20)5-3-12/h2-9H,10-11,21H2,1H3,(H,22,28)(H,23,27). The molecule has 4 N–H and O–H groups in total. The summed E-state index contributed by atoms with van der Waals surface area (Å²) in [6.07, 6.45) is 0. The van der Waals surface area contributed by atoms with Crippen LogP contribution in [0.2, 0.25) is 0 Å². The van der Waals surface area contributed by atoms with Gasteiger partial charge in [-0.2, -0.15) is 0 Å². The summed E-state index contributed by atoms with van der Waals surface area (Å²) in [4.78, 5) is 24.5. The van der Waals surface area contributed by atoms with Crippen LogP contribution in [0.25, 0.3) is 0 Å². The Kier molecular flexibility index (Phi) is 6.03. The largest absolute Gasteiger partial charge is 0.497 e. The zero-order valence-electron chi connectivity index (χ0n) is 15.6. The molecule has 2 amide bonds. The first-order chi connectivity index (χ1) is 14.0. The summed E-state index contributed by atoms with van der Waals surface area (Å²) in [5.41, 5.74) is 7.10. The smallest absolute Gasteiger partial charge is 0.275 e. The van der Waals surface area contributed by atoms with Gasteiger partial charge >= 0.3 is 0 Å². The second-order valence-corrected chi connectivity index (χ2v) is 6.07. The first-order valence-corrected chi connectivity index (χ1v) is 8.62. The first-order valence-electron chi connectivity index (χ1n) is 8.62. The van der Waals surface area contributed by atoms with Gasteiger partial charge in [-0.1, -0.05) is 17.3 Å². The molecule has 0 fully saturated rings. The molecule has 10 heteroatoms. The van der Waals surface area contributed by atoms with Gasteiger partial charge in [-0.05, 0) is 42.0 Å². The fourth-order valence-corrected chi connectivity index (χ4v) is 2.48. The van der Waals surface area contributed by atoms with Crippen LogP contribution >= 0.6 is 0 Å². The van der Waals surface area contributed by atoms with Gasteiger partial charge in [0.15, 0.2) is 11.5 Å². The van der Waals surface area contributed by atoms with Crippen molar-refractivity contribution in [2.45, 2.75) is 13.1 Å². The highest BCUT2D eigenvalue weighted by atomic mass is 19.1. The molecule has 0 atom stereocenters. The monoisotopic (exact) mass is 398 g/mol. The number of hydrogen-bond donors (Lipinski definition) is 3. The average Bonchev–Trinajstić information content (AvgIpc) is 3.08. The van der Waals surface area contributed by atoms with Gasteiger partial charge in [0.25, 0.3) is 5.91 Å². The van der Waals surface area contributed by atoms with E-state index in [-0.39, 0.29) is 36.3 Å². The van der Waals surface area contributed by atoms with Gasteiger partial charge in [-0.25, -0.2) is 9.07 Å². The van der Waals surface area contributed by atoms with Gasteiger partial charge in [0.2, 0.25) is 5.91 Å². The van der Waals surface area contributed by atoms with Crippen LogP contribution in [0.1, 0.15) is 16.1 Å². The molecule has 0 unspecified atom stereocenters. The molecule has 0 spiro atoms. The molecule has 0 aliphatic heterocycles. The van der Waals surface area contributed by atoms with E-state index in [0.29, 0.717) is 17.0 Å². The molecule has 0 aliphatic rings. The van der Waals surface area contributed by atoms with E-state index in [1.807, 2.05) is 0 Å². The summed E-state index contributed by atoms with van der Waals surface area (Å²) in [6.45, 7) is -0.0422. The van der Waals surface area contributed by atoms with Crippen molar-refractivity contribution in [3.63, 3.8) is 0 Å². The predicted molar refractivity (Wildman–Crippen MR) is 104 cm³/mol. The number of nitrogen functional groups attached to an aromatic ring is 1. The number of benzene rings is 2. The summed E-state index contributed by atoms with van der Waals surface area (Å²) >= 11 is 0. The van der Waals surface area contributed by atoms with Crippen molar-refractivity contribution in [2.75, 3.05) is 18.2 Å². The third-order valence-corrected chi connectivity index (χ3v) is 4.02. The van der Waals surface area contributed by atoms with Crippen molar-refractivity contribution in [3.8, 4) is 5.75 Å². The van der Waals surface area contributed by atoms with E-state index in [4.69, 9.17) is 10.5 Å². The molecule has 1 heterocycles.